The smallest absolute Gasteiger partial charge is 0.137 e. The lowest BCUT2D eigenvalue weighted by Gasteiger charge is -2.12. The molecule has 0 spiro atoms. The molecule has 0 saturated carbocycles. The molecule has 3 N–H and O–H groups in total. The van der Waals surface area contributed by atoms with Gasteiger partial charge in [0.25, 0.3) is 0 Å². The van der Waals surface area contributed by atoms with Gasteiger partial charge in [0, 0.05) is 22.0 Å². The van der Waals surface area contributed by atoms with E-state index in [9.17, 15) is 4.39 Å². The zero-order chi connectivity index (χ0) is 14.0. The molecule has 98 valence electrons. The lowest BCUT2D eigenvalue weighted by Crippen LogP contribution is -2.11. The number of benzene rings is 2. The summed E-state index contributed by atoms with van der Waals surface area (Å²) < 4.78 is 13.5. The first-order valence-electron chi connectivity index (χ1n) is 5.29. The summed E-state index contributed by atoms with van der Waals surface area (Å²) in [5, 5.41) is 3.68. The third-order valence-corrected chi connectivity index (χ3v) is 3.51. The maximum absolute atomic E-state index is 13.2. The van der Waals surface area contributed by atoms with Crippen LogP contribution in [0.3, 0.4) is 0 Å². The Labute approximate surface area is 128 Å². The first kappa shape index (κ1) is 14.2. The molecule has 2 rings (SSSR count). The van der Waals surface area contributed by atoms with Gasteiger partial charge in [0.05, 0.1) is 4.47 Å². The molecule has 0 saturated heterocycles. The van der Waals surface area contributed by atoms with Crippen LogP contribution in [0.5, 0.6) is 0 Å². The maximum Gasteiger partial charge on any atom is 0.137 e. The quantitative estimate of drug-likeness (QED) is 0.785. The van der Waals surface area contributed by atoms with Gasteiger partial charge in [0.1, 0.15) is 10.8 Å². The molecule has 0 radical (unpaired) electrons. The van der Waals surface area contributed by atoms with Crippen LogP contribution in [0.25, 0.3) is 0 Å². The molecule has 2 aromatic rings. The second kappa shape index (κ2) is 5.86. The minimum Gasteiger partial charge on any atom is -0.389 e. The zero-order valence-corrected chi connectivity index (χ0v) is 12.7. The minimum atomic E-state index is -0.323. The van der Waals surface area contributed by atoms with Crippen molar-refractivity contribution in [1.29, 1.82) is 0 Å². The molecule has 0 bridgehead atoms. The van der Waals surface area contributed by atoms with Gasteiger partial charge in [0.15, 0.2) is 0 Å². The third kappa shape index (κ3) is 3.43. The molecule has 0 atom stereocenters. The van der Waals surface area contributed by atoms with Gasteiger partial charge in [-0.1, -0.05) is 23.8 Å². The lowest BCUT2D eigenvalue weighted by molar-refractivity contribution is 0.621. The average Bonchev–Trinajstić information content (AvgIpc) is 2.36. The molecular weight excluding hydrogens is 351 g/mol. The van der Waals surface area contributed by atoms with Gasteiger partial charge < -0.3 is 11.1 Å². The van der Waals surface area contributed by atoms with Crippen molar-refractivity contribution in [2.24, 2.45) is 5.73 Å². The Morgan fingerprint density at radius 3 is 2.63 bits per heavy atom. The van der Waals surface area contributed by atoms with E-state index in [1.165, 1.54) is 6.07 Å². The summed E-state index contributed by atoms with van der Waals surface area (Å²) in [7, 11) is 0. The van der Waals surface area contributed by atoms with Crippen LogP contribution in [0.2, 0.25) is 5.02 Å². The number of thiocarbonyl (C=S) groups is 1. The van der Waals surface area contributed by atoms with Crippen molar-refractivity contribution in [3.63, 3.8) is 0 Å². The number of nitrogens with two attached hydrogens (primary N) is 1. The molecule has 19 heavy (non-hydrogen) atoms. The van der Waals surface area contributed by atoms with E-state index >= 15 is 0 Å². The Bertz CT molecular complexity index is 649. The third-order valence-electron chi connectivity index (χ3n) is 2.45. The Hall–Kier alpha value is -1.17. The SMILES string of the molecule is NC(=S)c1cc(Cl)ccc1Nc1ccc(F)c(Br)c1. The van der Waals surface area contributed by atoms with Gasteiger partial charge in [-0.25, -0.2) is 4.39 Å². The summed E-state index contributed by atoms with van der Waals surface area (Å²) in [5.74, 6) is -0.323. The second-order valence-corrected chi connectivity index (χ2v) is 5.54. The zero-order valence-electron chi connectivity index (χ0n) is 9.58. The van der Waals surface area contributed by atoms with Crippen molar-refractivity contribution in [1.82, 2.24) is 0 Å². The number of anilines is 2. The van der Waals surface area contributed by atoms with Crippen molar-refractivity contribution in [3.05, 3.63) is 57.3 Å². The summed E-state index contributed by atoms with van der Waals surface area (Å²) in [6.45, 7) is 0. The predicted molar refractivity (Wildman–Crippen MR) is 84.7 cm³/mol. The monoisotopic (exact) mass is 358 g/mol. The molecule has 6 heteroatoms. The topological polar surface area (TPSA) is 38.0 Å². The van der Waals surface area contributed by atoms with E-state index < -0.39 is 0 Å². The number of hydrogen-bond donors (Lipinski definition) is 2. The van der Waals surface area contributed by atoms with Crippen LogP contribution in [0, 0.1) is 5.82 Å². The molecule has 0 aliphatic carbocycles. The van der Waals surface area contributed by atoms with E-state index in [0.29, 0.717) is 20.7 Å². The first-order chi connectivity index (χ1) is 8.97. The summed E-state index contributed by atoms with van der Waals surface area (Å²) >= 11 is 14.0. The van der Waals surface area contributed by atoms with Crippen LogP contribution >= 0.6 is 39.7 Å². The molecule has 0 aromatic heterocycles. The molecule has 0 fully saturated rings. The number of hydrogen-bond acceptors (Lipinski definition) is 2. The largest absolute Gasteiger partial charge is 0.389 e. The van der Waals surface area contributed by atoms with Crippen LogP contribution < -0.4 is 11.1 Å². The number of halogens is 3. The summed E-state index contributed by atoms with van der Waals surface area (Å²) in [5.41, 5.74) is 7.73. The fourth-order valence-corrected chi connectivity index (χ4v) is 2.28. The van der Waals surface area contributed by atoms with E-state index in [4.69, 9.17) is 29.6 Å². The van der Waals surface area contributed by atoms with E-state index in [-0.39, 0.29) is 10.8 Å². The molecule has 0 unspecified atom stereocenters. The highest BCUT2D eigenvalue weighted by molar-refractivity contribution is 9.10. The van der Waals surface area contributed by atoms with Gasteiger partial charge in [0.2, 0.25) is 0 Å². The molecule has 2 nitrogen and oxygen atoms in total. The highest BCUT2D eigenvalue weighted by atomic mass is 79.9. The molecular formula is C13H9BrClFN2S. The van der Waals surface area contributed by atoms with Crippen molar-refractivity contribution in [2.45, 2.75) is 0 Å². The van der Waals surface area contributed by atoms with Gasteiger partial charge >= 0.3 is 0 Å². The van der Waals surface area contributed by atoms with Gasteiger partial charge in [-0.15, -0.1) is 0 Å². The van der Waals surface area contributed by atoms with E-state index in [1.807, 2.05) is 0 Å². The molecule has 0 heterocycles. The van der Waals surface area contributed by atoms with E-state index in [0.717, 1.165) is 5.69 Å². The molecule has 0 aliphatic rings. The normalized spacial score (nSPS) is 10.3. The predicted octanol–water partition coefficient (Wildman–Crippen LogP) is 4.62. The Morgan fingerprint density at radius 2 is 2.00 bits per heavy atom. The van der Waals surface area contributed by atoms with Crippen LogP contribution in [0.15, 0.2) is 40.9 Å². The molecule has 0 aliphatic heterocycles. The lowest BCUT2D eigenvalue weighted by atomic mass is 10.1. The van der Waals surface area contributed by atoms with Crippen LogP contribution in [0.4, 0.5) is 15.8 Å². The summed E-state index contributed by atoms with van der Waals surface area (Å²) in [6, 6.07) is 9.80. The summed E-state index contributed by atoms with van der Waals surface area (Å²) in [6.07, 6.45) is 0. The second-order valence-electron chi connectivity index (χ2n) is 3.81. The molecule has 0 amide bonds. The Kier molecular flexibility index (Phi) is 4.39. The van der Waals surface area contributed by atoms with Crippen molar-refractivity contribution < 1.29 is 4.39 Å². The highest BCUT2D eigenvalue weighted by Crippen LogP contribution is 2.27. The van der Waals surface area contributed by atoms with E-state index in [2.05, 4.69) is 21.2 Å². The summed E-state index contributed by atoms with van der Waals surface area (Å²) in [4.78, 5) is 0.242. The van der Waals surface area contributed by atoms with Crippen molar-refractivity contribution in [2.75, 3.05) is 5.32 Å². The number of rotatable bonds is 3. The van der Waals surface area contributed by atoms with Gasteiger partial charge in [-0.3, -0.25) is 0 Å². The van der Waals surface area contributed by atoms with Crippen LogP contribution in [0.1, 0.15) is 5.56 Å². The van der Waals surface area contributed by atoms with Crippen LogP contribution in [-0.2, 0) is 0 Å². The molecule has 2 aromatic carbocycles. The fraction of sp³-hybridized carbons (Fsp3) is 0. The fourth-order valence-electron chi connectivity index (χ4n) is 1.56. The Morgan fingerprint density at radius 1 is 1.26 bits per heavy atom. The van der Waals surface area contributed by atoms with Crippen LogP contribution in [-0.4, -0.2) is 4.99 Å². The van der Waals surface area contributed by atoms with Gasteiger partial charge in [-0.05, 0) is 52.3 Å². The highest BCUT2D eigenvalue weighted by Gasteiger charge is 2.07. The van der Waals surface area contributed by atoms with Crippen molar-refractivity contribution in [3.8, 4) is 0 Å². The van der Waals surface area contributed by atoms with Gasteiger partial charge in [-0.2, -0.15) is 0 Å². The van der Waals surface area contributed by atoms with E-state index in [1.54, 1.807) is 30.3 Å². The van der Waals surface area contributed by atoms with Crippen molar-refractivity contribution >= 4 is 56.1 Å². The number of nitrogens with one attached hydrogen (secondary N) is 1. The average molecular weight is 360 g/mol. The Balaban J connectivity index is 2.37. The maximum atomic E-state index is 13.2. The minimum absolute atomic E-state index is 0.242. The standard InChI is InChI=1S/C13H9BrClFN2S/c14-10-6-8(2-3-11(10)16)18-12-4-1-7(15)5-9(12)13(17)19/h1-6,18H,(H2,17,19). The first-order valence-corrected chi connectivity index (χ1v) is 6.87.